The Morgan fingerprint density at radius 1 is 1.32 bits per heavy atom. The SMILES string of the molecule is O=C1CC2CCC1(CS(=O)(=O)OCCS(=O)(=O)O)C2. The summed E-state index contributed by atoms with van der Waals surface area (Å²) in [4.78, 5) is 11.8. The molecule has 2 aliphatic carbocycles. The molecule has 0 amide bonds. The molecule has 0 heterocycles. The fourth-order valence-corrected chi connectivity index (χ4v) is 4.92. The van der Waals surface area contributed by atoms with E-state index < -0.39 is 38.0 Å². The molecule has 2 fully saturated rings. The minimum absolute atomic E-state index is 0.0364. The first-order valence-electron chi connectivity index (χ1n) is 5.98. The molecule has 2 rings (SSSR count). The quantitative estimate of drug-likeness (QED) is 0.541. The van der Waals surface area contributed by atoms with Crippen molar-refractivity contribution in [1.29, 1.82) is 0 Å². The van der Waals surface area contributed by atoms with E-state index >= 15 is 0 Å². The maximum Gasteiger partial charge on any atom is 0.268 e. The molecular formula is C10H16O7S2. The van der Waals surface area contributed by atoms with Gasteiger partial charge in [-0.2, -0.15) is 16.8 Å². The third-order valence-electron chi connectivity index (χ3n) is 3.83. The monoisotopic (exact) mass is 312 g/mol. The van der Waals surface area contributed by atoms with Crippen LogP contribution in [0.4, 0.5) is 0 Å². The highest BCUT2D eigenvalue weighted by Gasteiger charge is 2.53. The zero-order valence-electron chi connectivity index (χ0n) is 10.2. The number of carbonyl (C=O) groups is 1. The van der Waals surface area contributed by atoms with Crippen molar-refractivity contribution in [3.63, 3.8) is 0 Å². The number of rotatable bonds is 6. The summed E-state index contributed by atoms with van der Waals surface area (Å²) >= 11 is 0. The van der Waals surface area contributed by atoms with E-state index in [1.165, 1.54) is 0 Å². The number of ketones is 1. The summed E-state index contributed by atoms with van der Waals surface area (Å²) in [5.41, 5.74) is -0.832. The number of hydrogen-bond donors (Lipinski definition) is 1. The molecule has 2 atom stereocenters. The Hall–Kier alpha value is -0.510. The van der Waals surface area contributed by atoms with Crippen LogP contribution in [-0.2, 0) is 29.2 Å². The summed E-state index contributed by atoms with van der Waals surface area (Å²) in [6, 6.07) is 0. The van der Waals surface area contributed by atoms with E-state index in [1.54, 1.807) is 0 Å². The van der Waals surface area contributed by atoms with Gasteiger partial charge in [-0.15, -0.1) is 0 Å². The highest BCUT2D eigenvalue weighted by atomic mass is 32.2. The molecule has 19 heavy (non-hydrogen) atoms. The Kier molecular flexibility index (Phi) is 3.76. The Morgan fingerprint density at radius 2 is 2.00 bits per heavy atom. The van der Waals surface area contributed by atoms with Crippen molar-refractivity contribution in [3.8, 4) is 0 Å². The summed E-state index contributed by atoms with van der Waals surface area (Å²) in [5, 5.41) is 0. The molecular weight excluding hydrogens is 296 g/mol. The standard InChI is InChI=1S/C10H16O7S2/c11-9-5-8-1-2-10(9,6-8)7-19(15,16)17-3-4-18(12,13)14/h8H,1-7H2,(H,12,13,14). The molecule has 9 heteroatoms. The molecule has 2 saturated carbocycles. The second-order valence-corrected chi connectivity index (χ2v) is 8.54. The van der Waals surface area contributed by atoms with Crippen LogP contribution >= 0.6 is 0 Å². The topological polar surface area (TPSA) is 115 Å². The lowest BCUT2D eigenvalue weighted by Gasteiger charge is -2.23. The van der Waals surface area contributed by atoms with E-state index in [1.807, 2.05) is 0 Å². The second kappa shape index (κ2) is 4.80. The average Bonchev–Trinajstić information content (AvgIpc) is 2.70. The van der Waals surface area contributed by atoms with Crippen molar-refractivity contribution in [2.24, 2.45) is 11.3 Å². The van der Waals surface area contributed by atoms with Crippen LogP contribution in [0.2, 0.25) is 0 Å². The van der Waals surface area contributed by atoms with E-state index in [2.05, 4.69) is 4.18 Å². The Morgan fingerprint density at radius 3 is 2.47 bits per heavy atom. The van der Waals surface area contributed by atoms with Gasteiger partial charge >= 0.3 is 0 Å². The van der Waals surface area contributed by atoms with Crippen LogP contribution < -0.4 is 0 Å². The fourth-order valence-electron chi connectivity index (χ4n) is 3.00. The highest BCUT2D eigenvalue weighted by Crippen LogP contribution is 2.52. The molecule has 0 aromatic rings. The molecule has 1 N–H and O–H groups in total. The molecule has 2 aliphatic rings. The summed E-state index contributed by atoms with van der Waals surface area (Å²) in [5.74, 6) is -0.928. The van der Waals surface area contributed by atoms with Crippen molar-refractivity contribution in [3.05, 3.63) is 0 Å². The highest BCUT2D eigenvalue weighted by molar-refractivity contribution is 7.87. The zero-order chi connectivity index (χ0) is 14.3. The van der Waals surface area contributed by atoms with Gasteiger partial charge in [0.15, 0.2) is 0 Å². The van der Waals surface area contributed by atoms with Gasteiger partial charge in [-0.3, -0.25) is 13.5 Å². The molecule has 0 radical (unpaired) electrons. The van der Waals surface area contributed by atoms with Crippen LogP contribution in [0.25, 0.3) is 0 Å². The first kappa shape index (κ1) is 14.9. The van der Waals surface area contributed by atoms with Gasteiger partial charge in [0.2, 0.25) is 0 Å². The van der Waals surface area contributed by atoms with Gasteiger partial charge < -0.3 is 0 Å². The van der Waals surface area contributed by atoms with Gasteiger partial charge in [-0.05, 0) is 25.2 Å². The van der Waals surface area contributed by atoms with E-state index in [4.69, 9.17) is 4.55 Å². The van der Waals surface area contributed by atoms with Gasteiger partial charge in [0, 0.05) is 11.8 Å². The van der Waals surface area contributed by atoms with Crippen molar-refractivity contribution in [2.45, 2.75) is 25.7 Å². The van der Waals surface area contributed by atoms with Crippen LogP contribution in [0.15, 0.2) is 0 Å². The molecule has 0 spiro atoms. The summed E-state index contributed by atoms with van der Waals surface area (Å²) in [6.45, 7) is -0.630. The van der Waals surface area contributed by atoms with Crippen LogP contribution in [0.1, 0.15) is 25.7 Å². The molecule has 0 saturated heterocycles. The molecule has 0 aromatic carbocycles. The lowest BCUT2D eigenvalue weighted by atomic mass is 9.85. The van der Waals surface area contributed by atoms with Crippen LogP contribution in [0.5, 0.6) is 0 Å². The van der Waals surface area contributed by atoms with E-state index in [0.29, 0.717) is 19.3 Å². The van der Waals surface area contributed by atoms with E-state index in [0.717, 1.165) is 6.42 Å². The molecule has 7 nitrogen and oxygen atoms in total. The van der Waals surface area contributed by atoms with Crippen LogP contribution in [-0.4, -0.2) is 45.3 Å². The number of Topliss-reactive ketones (excluding diaryl/α,β-unsaturated/α-hetero) is 1. The summed E-state index contributed by atoms with van der Waals surface area (Å²) in [6.07, 6.45) is 2.41. The maximum absolute atomic E-state index is 11.8. The van der Waals surface area contributed by atoms with Crippen molar-refractivity contribution < 1.29 is 30.4 Å². The van der Waals surface area contributed by atoms with Crippen molar-refractivity contribution in [2.75, 3.05) is 18.1 Å². The largest absolute Gasteiger partial charge is 0.299 e. The summed E-state index contributed by atoms with van der Waals surface area (Å²) < 4.78 is 57.5. The maximum atomic E-state index is 11.8. The molecule has 2 unspecified atom stereocenters. The summed E-state index contributed by atoms with van der Waals surface area (Å²) in [7, 11) is -8.21. The van der Waals surface area contributed by atoms with E-state index in [-0.39, 0.29) is 17.5 Å². The average molecular weight is 312 g/mol. The lowest BCUT2D eigenvalue weighted by molar-refractivity contribution is -0.126. The molecule has 0 aliphatic heterocycles. The minimum Gasteiger partial charge on any atom is -0.299 e. The Balaban J connectivity index is 1.96. The van der Waals surface area contributed by atoms with Gasteiger partial charge in [-0.1, -0.05) is 0 Å². The first-order valence-corrected chi connectivity index (χ1v) is 9.16. The zero-order valence-corrected chi connectivity index (χ0v) is 11.9. The Labute approximate surface area is 112 Å². The normalized spacial score (nSPS) is 31.0. The van der Waals surface area contributed by atoms with Gasteiger partial charge in [0.25, 0.3) is 20.2 Å². The molecule has 0 aromatic heterocycles. The Bertz CT molecular complexity index is 577. The predicted octanol–water partition coefficient (Wildman–Crippen LogP) is -0.0201. The van der Waals surface area contributed by atoms with Gasteiger partial charge in [-0.25, -0.2) is 0 Å². The molecule has 110 valence electrons. The third kappa shape index (κ3) is 3.53. The first-order chi connectivity index (χ1) is 8.62. The third-order valence-corrected chi connectivity index (χ3v) is 5.95. The van der Waals surface area contributed by atoms with Crippen LogP contribution in [0, 0.1) is 11.3 Å². The van der Waals surface area contributed by atoms with E-state index in [9.17, 15) is 21.6 Å². The predicted molar refractivity (Wildman–Crippen MR) is 65.6 cm³/mol. The molecule has 2 bridgehead atoms. The fraction of sp³-hybridized carbons (Fsp3) is 0.900. The minimum atomic E-state index is -4.25. The van der Waals surface area contributed by atoms with Crippen molar-refractivity contribution in [1.82, 2.24) is 0 Å². The second-order valence-electron chi connectivity index (χ2n) is 5.33. The number of carbonyl (C=O) groups excluding carboxylic acids is 1. The lowest BCUT2D eigenvalue weighted by Crippen LogP contribution is -2.34. The van der Waals surface area contributed by atoms with Gasteiger partial charge in [0.1, 0.15) is 11.5 Å². The van der Waals surface area contributed by atoms with Gasteiger partial charge in [0.05, 0.1) is 12.4 Å². The smallest absolute Gasteiger partial charge is 0.268 e. The number of fused-ring (bicyclic) bond motifs is 2. The van der Waals surface area contributed by atoms with Crippen LogP contribution in [0.3, 0.4) is 0 Å². The van der Waals surface area contributed by atoms with Crippen molar-refractivity contribution >= 4 is 26.0 Å². The number of hydrogen-bond acceptors (Lipinski definition) is 6.